The van der Waals surface area contributed by atoms with Crippen LogP contribution in [0, 0.1) is 0 Å². The second-order valence-corrected chi connectivity index (χ2v) is 5.90. The lowest BCUT2D eigenvalue weighted by atomic mass is 10.1. The zero-order valence-electron chi connectivity index (χ0n) is 15.5. The molecule has 0 spiro atoms. The third-order valence-corrected chi connectivity index (χ3v) is 3.81. The van der Waals surface area contributed by atoms with Gasteiger partial charge in [0.2, 0.25) is 0 Å². The molecule has 3 N–H and O–H groups in total. The van der Waals surface area contributed by atoms with Crippen molar-refractivity contribution >= 4 is 23.9 Å². The average Bonchev–Trinajstić information content (AvgIpc) is 2.71. The van der Waals surface area contributed by atoms with Crippen molar-refractivity contribution in [1.29, 1.82) is 0 Å². The Bertz CT molecular complexity index is 845. The molecule has 28 heavy (non-hydrogen) atoms. The van der Waals surface area contributed by atoms with Gasteiger partial charge >= 0.3 is 5.97 Å². The van der Waals surface area contributed by atoms with E-state index in [0.29, 0.717) is 17.7 Å². The van der Waals surface area contributed by atoms with Gasteiger partial charge in [-0.05, 0) is 42.3 Å². The predicted molar refractivity (Wildman–Crippen MR) is 105 cm³/mol. The molecule has 0 radical (unpaired) electrons. The second-order valence-electron chi connectivity index (χ2n) is 5.90. The first-order valence-corrected chi connectivity index (χ1v) is 8.71. The first kappa shape index (κ1) is 20.7. The molecular weight excluding hydrogens is 360 g/mol. The lowest BCUT2D eigenvalue weighted by Gasteiger charge is -2.11. The summed E-state index contributed by atoms with van der Waals surface area (Å²) in [5, 5.41) is 13.9. The maximum Gasteiger partial charge on any atom is 0.303 e. The Balaban J connectivity index is 2.13. The van der Waals surface area contributed by atoms with Gasteiger partial charge in [0.25, 0.3) is 11.8 Å². The minimum Gasteiger partial charge on any atom is -0.497 e. The van der Waals surface area contributed by atoms with Crippen molar-refractivity contribution in [3.05, 3.63) is 71.4 Å². The van der Waals surface area contributed by atoms with Crippen LogP contribution in [0.2, 0.25) is 0 Å². The van der Waals surface area contributed by atoms with Crippen molar-refractivity contribution in [3.8, 4) is 5.75 Å². The van der Waals surface area contributed by atoms with E-state index in [0.717, 1.165) is 5.56 Å². The Morgan fingerprint density at radius 3 is 2.32 bits per heavy atom. The molecule has 2 rings (SSSR count). The fraction of sp³-hybridized carbons (Fsp3) is 0.190. The molecule has 0 saturated carbocycles. The summed E-state index contributed by atoms with van der Waals surface area (Å²) in [6.45, 7) is 0.190. The molecule has 7 nitrogen and oxygen atoms in total. The Labute approximate surface area is 163 Å². The summed E-state index contributed by atoms with van der Waals surface area (Å²) in [4.78, 5) is 35.6. The highest BCUT2D eigenvalue weighted by Crippen LogP contribution is 2.12. The van der Waals surface area contributed by atoms with E-state index in [1.54, 1.807) is 42.5 Å². The number of hydrogen-bond acceptors (Lipinski definition) is 4. The molecule has 0 bridgehead atoms. The van der Waals surface area contributed by atoms with E-state index in [1.165, 1.54) is 7.11 Å². The van der Waals surface area contributed by atoms with Crippen molar-refractivity contribution in [3.63, 3.8) is 0 Å². The van der Waals surface area contributed by atoms with E-state index in [2.05, 4.69) is 10.6 Å². The topological polar surface area (TPSA) is 105 Å². The van der Waals surface area contributed by atoms with Crippen LogP contribution >= 0.6 is 0 Å². The first-order chi connectivity index (χ1) is 13.5. The maximum atomic E-state index is 12.5. The number of ether oxygens (including phenoxy) is 1. The minimum absolute atomic E-state index is 0.0454. The molecule has 2 aromatic rings. The number of amides is 2. The molecule has 0 fully saturated rings. The number of carbonyl (C=O) groups is 3. The average molecular weight is 382 g/mol. The number of carboxylic acids is 1. The van der Waals surface area contributed by atoms with E-state index < -0.39 is 17.8 Å². The van der Waals surface area contributed by atoms with Gasteiger partial charge in [-0.2, -0.15) is 0 Å². The van der Waals surface area contributed by atoms with E-state index in [4.69, 9.17) is 9.84 Å². The van der Waals surface area contributed by atoms with Crippen molar-refractivity contribution in [1.82, 2.24) is 10.6 Å². The summed E-state index contributed by atoms with van der Waals surface area (Å²) < 4.78 is 5.07. The molecule has 0 heterocycles. The monoisotopic (exact) mass is 382 g/mol. The third kappa shape index (κ3) is 6.60. The van der Waals surface area contributed by atoms with Crippen LogP contribution in [-0.4, -0.2) is 36.5 Å². The molecule has 0 unspecified atom stereocenters. The largest absolute Gasteiger partial charge is 0.497 e. The maximum absolute atomic E-state index is 12.5. The van der Waals surface area contributed by atoms with Gasteiger partial charge in [0.1, 0.15) is 11.4 Å². The highest BCUT2D eigenvalue weighted by Gasteiger charge is 2.14. The van der Waals surface area contributed by atoms with Gasteiger partial charge < -0.3 is 20.5 Å². The van der Waals surface area contributed by atoms with E-state index in [1.807, 2.05) is 18.2 Å². The van der Waals surface area contributed by atoms with Gasteiger partial charge in [-0.25, -0.2) is 0 Å². The number of methoxy groups -OCH3 is 1. The van der Waals surface area contributed by atoms with Crippen molar-refractivity contribution in [2.24, 2.45) is 0 Å². The summed E-state index contributed by atoms with van der Waals surface area (Å²) >= 11 is 0. The molecule has 0 aromatic heterocycles. The second kappa shape index (κ2) is 10.5. The predicted octanol–water partition coefficient (Wildman–Crippen LogP) is 2.45. The summed E-state index contributed by atoms with van der Waals surface area (Å²) in [5.41, 5.74) is 1.19. The summed E-state index contributed by atoms with van der Waals surface area (Å²) in [7, 11) is 1.53. The molecule has 0 atom stereocenters. The standard InChI is InChI=1S/C21H22N2O5/c1-28-17-11-9-16(10-12-17)20(26)23-18(14-15-6-3-2-4-7-15)21(27)22-13-5-8-19(24)25/h2-4,6-7,9-12,14H,5,8,13H2,1H3,(H,22,27)(H,23,26)(H,24,25). The summed E-state index contributed by atoms with van der Waals surface area (Å²) in [6, 6.07) is 15.6. The van der Waals surface area contributed by atoms with Gasteiger partial charge in [-0.3, -0.25) is 14.4 Å². The number of carboxylic acid groups (broad SMARTS) is 1. The molecule has 0 saturated heterocycles. The van der Waals surface area contributed by atoms with E-state index in [-0.39, 0.29) is 18.7 Å². The van der Waals surface area contributed by atoms with Gasteiger partial charge in [-0.1, -0.05) is 30.3 Å². The molecular formula is C21H22N2O5. The van der Waals surface area contributed by atoms with Crippen molar-refractivity contribution < 1.29 is 24.2 Å². The highest BCUT2D eigenvalue weighted by atomic mass is 16.5. The molecule has 7 heteroatoms. The molecule has 0 aliphatic rings. The summed E-state index contributed by atoms with van der Waals surface area (Å²) in [6.07, 6.45) is 1.82. The van der Waals surface area contributed by atoms with Gasteiger partial charge in [-0.15, -0.1) is 0 Å². The first-order valence-electron chi connectivity index (χ1n) is 8.71. The Morgan fingerprint density at radius 2 is 1.71 bits per heavy atom. The fourth-order valence-corrected chi connectivity index (χ4v) is 2.35. The number of benzene rings is 2. The third-order valence-electron chi connectivity index (χ3n) is 3.81. The lowest BCUT2D eigenvalue weighted by molar-refractivity contribution is -0.137. The van der Waals surface area contributed by atoms with Crippen LogP contribution < -0.4 is 15.4 Å². The molecule has 2 aromatic carbocycles. The van der Waals surface area contributed by atoms with Gasteiger partial charge in [0.15, 0.2) is 0 Å². The molecule has 2 amide bonds. The van der Waals surface area contributed by atoms with Crippen molar-refractivity contribution in [2.75, 3.05) is 13.7 Å². The minimum atomic E-state index is -0.929. The number of rotatable bonds is 9. The van der Waals surface area contributed by atoms with Crippen LogP contribution in [0.25, 0.3) is 6.08 Å². The van der Waals surface area contributed by atoms with E-state index in [9.17, 15) is 14.4 Å². The SMILES string of the molecule is COc1ccc(C(=O)NC(=Cc2ccccc2)C(=O)NCCCC(=O)O)cc1. The summed E-state index contributed by atoms with van der Waals surface area (Å²) in [5.74, 6) is -1.24. The zero-order valence-corrected chi connectivity index (χ0v) is 15.5. The number of hydrogen-bond donors (Lipinski definition) is 3. The van der Waals surface area contributed by atoms with Crippen LogP contribution in [0.1, 0.15) is 28.8 Å². The van der Waals surface area contributed by atoms with Gasteiger partial charge in [0, 0.05) is 18.5 Å². The van der Waals surface area contributed by atoms with Crippen molar-refractivity contribution in [2.45, 2.75) is 12.8 Å². The smallest absolute Gasteiger partial charge is 0.303 e. The Kier molecular flexibility index (Phi) is 7.77. The van der Waals surface area contributed by atoms with Crippen LogP contribution in [-0.2, 0) is 9.59 Å². The van der Waals surface area contributed by atoms with E-state index >= 15 is 0 Å². The normalized spacial score (nSPS) is 10.8. The Morgan fingerprint density at radius 1 is 1.04 bits per heavy atom. The molecule has 146 valence electrons. The molecule has 0 aliphatic carbocycles. The Hall–Kier alpha value is -3.61. The quantitative estimate of drug-likeness (QED) is 0.456. The van der Waals surface area contributed by atoms with Crippen LogP contribution in [0.15, 0.2) is 60.3 Å². The van der Waals surface area contributed by atoms with Crippen LogP contribution in [0.5, 0.6) is 5.75 Å². The number of aliphatic carboxylic acids is 1. The molecule has 0 aliphatic heterocycles. The van der Waals surface area contributed by atoms with Gasteiger partial charge in [0.05, 0.1) is 7.11 Å². The lowest BCUT2D eigenvalue weighted by Crippen LogP contribution is -2.35. The number of carbonyl (C=O) groups excluding carboxylic acids is 2. The fourth-order valence-electron chi connectivity index (χ4n) is 2.35. The highest BCUT2D eigenvalue weighted by molar-refractivity contribution is 6.05. The zero-order chi connectivity index (χ0) is 20.4. The number of nitrogens with one attached hydrogen (secondary N) is 2. The van der Waals surface area contributed by atoms with Crippen LogP contribution in [0.3, 0.4) is 0 Å². The van der Waals surface area contributed by atoms with Crippen LogP contribution in [0.4, 0.5) is 0 Å².